The van der Waals surface area contributed by atoms with Crippen LogP contribution in [0.3, 0.4) is 0 Å². The van der Waals surface area contributed by atoms with E-state index >= 15 is 0 Å². The van der Waals surface area contributed by atoms with Crippen LogP contribution in [0.5, 0.6) is 0 Å². The van der Waals surface area contributed by atoms with Crippen molar-refractivity contribution in [3.05, 3.63) is 26.6 Å². The molecule has 5 nitrogen and oxygen atoms in total. The summed E-state index contributed by atoms with van der Waals surface area (Å²) < 4.78 is 0.858. The zero-order valence-electron chi connectivity index (χ0n) is 9.35. The van der Waals surface area contributed by atoms with Gasteiger partial charge in [0.25, 0.3) is 5.56 Å². The van der Waals surface area contributed by atoms with E-state index < -0.39 is 17.6 Å². The molecule has 0 saturated heterocycles. The Morgan fingerprint density at radius 1 is 1.53 bits per heavy atom. The van der Waals surface area contributed by atoms with Crippen LogP contribution in [0.15, 0.2) is 10.9 Å². The molecular weight excluding hydrogens is 267 g/mol. The summed E-state index contributed by atoms with van der Waals surface area (Å²) in [6.45, 7) is 3.72. The predicted octanol–water partition coefficient (Wildman–Crippen LogP) is 2.22. The molecule has 0 aliphatic heterocycles. The number of aliphatic carboxylic acids is 1. The lowest BCUT2D eigenvalue weighted by Crippen LogP contribution is -2.32. The molecular formula is C10H12Cl2N2O3. The van der Waals surface area contributed by atoms with E-state index in [1.165, 1.54) is 0 Å². The van der Waals surface area contributed by atoms with E-state index in [0.717, 1.165) is 10.7 Å². The first-order chi connectivity index (χ1) is 7.82. The topological polar surface area (TPSA) is 72.2 Å². The van der Waals surface area contributed by atoms with E-state index in [9.17, 15) is 9.59 Å². The fourth-order valence-electron chi connectivity index (χ4n) is 1.40. The number of hydrogen-bond donors (Lipinski definition) is 1. The molecule has 0 spiro atoms. The molecule has 17 heavy (non-hydrogen) atoms. The Labute approximate surface area is 108 Å². The van der Waals surface area contributed by atoms with Crippen LogP contribution in [0.1, 0.15) is 26.3 Å². The van der Waals surface area contributed by atoms with Crippen molar-refractivity contribution in [2.75, 3.05) is 0 Å². The summed E-state index contributed by atoms with van der Waals surface area (Å²) in [6.07, 6.45) is 0.292. The Hall–Kier alpha value is -1.07. The van der Waals surface area contributed by atoms with Gasteiger partial charge in [0.1, 0.15) is 0 Å². The summed E-state index contributed by atoms with van der Waals surface area (Å²) in [4.78, 5) is 22.7. The Kier molecular flexibility index (Phi) is 4.54. The van der Waals surface area contributed by atoms with Crippen molar-refractivity contribution in [1.82, 2.24) is 9.78 Å². The highest BCUT2D eigenvalue weighted by Crippen LogP contribution is 2.19. The molecule has 0 aliphatic rings. The number of rotatable bonds is 4. The lowest BCUT2D eigenvalue weighted by Gasteiger charge is -2.16. The smallest absolute Gasteiger partial charge is 0.328 e. The van der Waals surface area contributed by atoms with Gasteiger partial charge >= 0.3 is 5.97 Å². The van der Waals surface area contributed by atoms with E-state index in [2.05, 4.69) is 5.10 Å². The molecule has 1 atom stereocenters. The van der Waals surface area contributed by atoms with Gasteiger partial charge in [0.2, 0.25) is 0 Å². The summed E-state index contributed by atoms with van der Waals surface area (Å²) in [5, 5.41) is 12.7. The first kappa shape index (κ1) is 14.0. The summed E-state index contributed by atoms with van der Waals surface area (Å²) in [7, 11) is 0. The molecule has 0 aliphatic carbocycles. The molecule has 1 N–H and O–H groups in total. The van der Waals surface area contributed by atoms with Crippen molar-refractivity contribution in [2.24, 2.45) is 5.92 Å². The van der Waals surface area contributed by atoms with Crippen LogP contribution in [-0.2, 0) is 4.79 Å². The normalized spacial score (nSPS) is 12.8. The highest BCUT2D eigenvalue weighted by Gasteiger charge is 2.23. The Morgan fingerprint density at radius 2 is 2.12 bits per heavy atom. The van der Waals surface area contributed by atoms with Crippen molar-refractivity contribution in [2.45, 2.75) is 26.3 Å². The van der Waals surface area contributed by atoms with Gasteiger partial charge in [0, 0.05) is 6.07 Å². The standard InChI is InChI=1S/C10H12Cl2N2O3/c1-5(2)3-7(10(16)17)14-8(15)4-6(11)9(12)13-14/h4-5,7H,3H2,1-2H3,(H,16,17)/t7-/m0/s1. The van der Waals surface area contributed by atoms with Crippen LogP contribution in [0, 0.1) is 5.92 Å². The van der Waals surface area contributed by atoms with Crippen LogP contribution < -0.4 is 5.56 Å². The van der Waals surface area contributed by atoms with E-state index in [1.54, 1.807) is 0 Å². The van der Waals surface area contributed by atoms with Gasteiger partial charge in [0.05, 0.1) is 5.02 Å². The van der Waals surface area contributed by atoms with E-state index in [1.807, 2.05) is 13.8 Å². The number of hydrogen-bond acceptors (Lipinski definition) is 3. The molecule has 0 fully saturated rings. The third-order valence-electron chi connectivity index (χ3n) is 2.14. The summed E-state index contributed by atoms with van der Waals surface area (Å²) in [6, 6.07) is 0.0323. The first-order valence-corrected chi connectivity index (χ1v) is 5.76. The molecule has 0 unspecified atom stereocenters. The largest absolute Gasteiger partial charge is 0.480 e. The van der Waals surface area contributed by atoms with Gasteiger partial charge in [-0.05, 0) is 12.3 Å². The highest BCUT2D eigenvalue weighted by atomic mass is 35.5. The van der Waals surface area contributed by atoms with E-state index in [0.29, 0.717) is 6.42 Å². The first-order valence-electron chi connectivity index (χ1n) is 5.00. The molecule has 94 valence electrons. The number of carboxylic acids is 1. The van der Waals surface area contributed by atoms with E-state index in [4.69, 9.17) is 28.3 Å². The van der Waals surface area contributed by atoms with Crippen molar-refractivity contribution >= 4 is 29.2 Å². The van der Waals surface area contributed by atoms with Gasteiger partial charge in [0.15, 0.2) is 11.2 Å². The number of nitrogens with zero attached hydrogens (tertiary/aromatic N) is 2. The fraction of sp³-hybridized carbons (Fsp3) is 0.500. The lowest BCUT2D eigenvalue weighted by molar-refractivity contribution is -0.141. The maximum atomic E-state index is 11.6. The summed E-state index contributed by atoms with van der Waals surface area (Å²) in [5.74, 6) is -1.01. The second kappa shape index (κ2) is 5.51. The molecule has 0 bridgehead atoms. The Balaban J connectivity index is 3.24. The van der Waals surface area contributed by atoms with Crippen molar-refractivity contribution < 1.29 is 9.90 Å². The average molecular weight is 279 g/mol. The van der Waals surface area contributed by atoms with E-state index in [-0.39, 0.29) is 16.1 Å². The number of aromatic nitrogens is 2. The maximum Gasteiger partial charge on any atom is 0.328 e. The molecule has 0 aromatic carbocycles. The zero-order chi connectivity index (χ0) is 13.2. The van der Waals surface area contributed by atoms with Crippen molar-refractivity contribution in [3.63, 3.8) is 0 Å². The zero-order valence-corrected chi connectivity index (χ0v) is 10.9. The van der Waals surface area contributed by atoms with Crippen LogP contribution in [0.2, 0.25) is 10.2 Å². The lowest BCUT2D eigenvalue weighted by atomic mass is 10.0. The molecule has 0 saturated carbocycles. The third-order valence-corrected chi connectivity index (χ3v) is 2.81. The Bertz CT molecular complexity index is 485. The number of carboxylic acid groups (broad SMARTS) is 1. The average Bonchev–Trinajstić information content (AvgIpc) is 2.20. The number of carbonyl (C=O) groups is 1. The molecule has 1 aromatic heterocycles. The highest BCUT2D eigenvalue weighted by molar-refractivity contribution is 6.41. The second-order valence-electron chi connectivity index (χ2n) is 4.05. The molecule has 7 heteroatoms. The minimum Gasteiger partial charge on any atom is -0.480 e. The van der Waals surface area contributed by atoms with Gasteiger partial charge in [-0.1, -0.05) is 37.0 Å². The van der Waals surface area contributed by atoms with Crippen molar-refractivity contribution in [3.8, 4) is 0 Å². The van der Waals surface area contributed by atoms with Gasteiger partial charge < -0.3 is 5.11 Å². The van der Waals surface area contributed by atoms with Gasteiger partial charge in [-0.15, -0.1) is 0 Å². The quantitative estimate of drug-likeness (QED) is 0.917. The summed E-state index contributed by atoms with van der Waals surface area (Å²) >= 11 is 11.3. The molecule has 0 amide bonds. The monoisotopic (exact) mass is 278 g/mol. The predicted molar refractivity (Wildman–Crippen MR) is 64.6 cm³/mol. The molecule has 1 heterocycles. The minimum atomic E-state index is -1.12. The van der Waals surface area contributed by atoms with Crippen molar-refractivity contribution in [1.29, 1.82) is 0 Å². The summed E-state index contributed by atoms with van der Waals surface area (Å²) in [5.41, 5.74) is -0.576. The van der Waals surface area contributed by atoms with Gasteiger partial charge in [-0.2, -0.15) is 5.10 Å². The van der Waals surface area contributed by atoms with Crippen LogP contribution in [0.25, 0.3) is 0 Å². The number of halogens is 2. The van der Waals surface area contributed by atoms with Gasteiger partial charge in [-0.3, -0.25) is 4.79 Å². The SMILES string of the molecule is CC(C)C[C@@H](C(=O)O)n1nc(Cl)c(Cl)cc1=O. The minimum absolute atomic E-state index is 0.0154. The molecule has 1 rings (SSSR count). The molecule has 0 radical (unpaired) electrons. The fourth-order valence-corrected chi connectivity index (χ4v) is 1.67. The second-order valence-corrected chi connectivity index (χ2v) is 4.81. The molecule has 1 aromatic rings. The van der Waals surface area contributed by atoms with Crippen LogP contribution >= 0.6 is 23.2 Å². The maximum absolute atomic E-state index is 11.6. The third kappa shape index (κ3) is 3.44. The Morgan fingerprint density at radius 3 is 2.59 bits per heavy atom. The van der Waals surface area contributed by atoms with Gasteiger partial charge in [-0.25, -0.2) is 9.48 Å². The van der Waals surface area contributed by atoms with Crippen LogP contribution in [-0.4, -0.2) is 20.9 Å². The van der Waals surface area contributed by atoms with Crippen LogP contribution in [0.4, 0.5) is 0 Å².